The minimum Gasteiger partial charge on any atom is -0.478 e. The Kier molecular flexibility index (Phi) is 16.8. The maximum absolute atomic E-state index is 10.2. The maximum atomic E-state index is 10.2. The van der Waals surface area contributed by atoms with E-state index in [-0.39, 0.29) is 0 Å². The zero-order valence-corrected chi connectivity index (χ0v) is 21.4. The van der Waals surface area contributed by atoms with Gasteiger partial charge in [0.15, 0.2) is 0 Å². The number of carboxylic acids is 2. The van der Waals surface area contributed by atoms with Gasteiger partial charge in [-0.1, -0.05) is 75.2 Å². The molecule has 0 aliphatic heterocycles. The fraction of sp³-hybridized carbons (Fsp3) is 0.448. The molecule has 0 saturated heterocycles. The average Bonchev–Trinajstić information content (AvgIpc) is 2.79. The van der Waals surface area contributed by atoms with Crippen molar-refractivity contribution >= 4 is 11.9 Å². The molecule has 0 amide bonds. The van der Waals surface area contributed by atoms with Gasteiger partial charge < -0.3 is 20.4 Å². The topological polar surface area (TPSA) is 115 Å². The molecule has 0 fully saturated rings. The number of aliphatic hydroxyl groups excluding tert-OH is 1. The van der Waals surface area contributed by atoms with Crippen LogP contribution in [0, 0.1) is 5.92 Å². The first-order chi connectivity index (χ1) is 16.5. The summed E-state index contributed by atoms with van der Waals surface area (Å²) in [4.78, 5) is 20.4. The molecule has 0 aromatic heterocycles. The summed E-state index contributed by atoms with van der Waals surface area (Å²) < 4.78 is 0. The van der Waals surface area contributed by atoms with E-state index in [1.807, 2.05) is 0 Å². The molecule has 0 saturated carbocycles. The smallest absolute Gasteiger partial charge is 0.335 e. The Balaban J connectivity index is 0.000000538. The lowest BCUT2D eigenvalue weighted by Crippen LogP contribution is -2.30. The summed E-state index contributed by atoms with van der Waals surface area (Å²) in [5, 5.41) is 36.2. The number of unbranched alkanes of at least 4 members (excludes halogenated alkanes) is 3. The standard InChI is InChI=1S/C15H30O2.2C7H6O2/c1-5-6-7-8-9-10-13(2)11-15(4,17)12-14(3)16;2*8-7(9)6-4-2-1-3-5-6/h9-10,13-14,16-17H,5-8,11-12H2,1-4H3;2*1-5H,(H,8,9). The number of hydrogen-bond donors (Lipinski definition) is 4. The lowest BCUT2D eigenvalue weighted by atomic mass is 9.88. The van der Waals surface area contributed by atoms with Crippen molar-refractivity contribution in [3.05, 3.63) is 83.9 Å². The summed E-state index contributed by atoms with van der Waals surface area (Å²) >= 11 is 0. The van der Waals surface area contributed by atoms with Crippen LogP contribution in [0.15, 0.2) is 72.8 Å². The Morgan fingerprint density at radius 1 is 0.857 bits per heavy atom. The van der Waals surface area contributed by atoms with Crippen LogP contribution in [-0.2, 0) is 0 Å². The lowest BCUT2D eigenvalue weighted by Gasteiger charge is -2.26. The van der Waals surface area contributed by atoms with E-state index >= 15 is 0 Å². The van der Waals surface area contributed by atoms with Crippen molar-refractivity contribution in [1.82, 2.24) is 0 Å². The van der Waals surface area contributed by atoms with Crippen LogP contribution in [0.2, 0.25) is 0 Å². The fourth-order valence-electron chi connectivity index (χ4n) is 3.48. The van der Waals surface area contributed by atoms with E-state index in [1.165, 1.54) is 19.3 Å². The van der Waals surface area contributed by atoms with E-state index in [9.17, 15) is 19.8 Å². The molecule has 2 aromatic carbocycles. The Labute approximate surface area is 210 Å². The predicted octanol–water partition coefficient (Wildman–Crippen LogP) is 6.44. The molecule has 3 atom stereocenters. The van der Waals surface area contributed by atoms with E-state index in [0.29, 0.717) is 29.9 Å². The first-order valence-corrected chi connectivity index (χ1v) is 12.1. The molecule has 4 N–H and O–H groups in total. The van der Waals surface area contributed by atoms with Crippen molar-refractivity contribution in [2.45, 2.75) is 77.9 Å². The Hall–Kier alpha value is -2.96. The average molecular weight is 487 g/mol. The highest BCUT2D eigenvalue weighted by Crippen LogP contribution is 2.23. The van der Waals surface area contributed by atoms with E-state index < -0.39 is 23.6 Å². The zero-order chi connectivity index (χ0) is 26.7. The highest BCUT2D eigenvalue weighted by Gasteiger charge is 2.24. The van der Waals surface area contributed by atoms with Crippen LogP contribution in [0.3, 0.4) is 0 Å². The van der Waals surface area contributed by atoms with Gasteiger partial charge in [-0.15, -0.1) is 0 Å². The van der Waals surface area contributed by atoms with Gasteiger partial charge in [0, 0.05) is 6.42 Å². The quantitative estimate of drug-likeness (QED) is 0.215. The third-order valence-corrected chi connectivity index (χ3v) is 4.98. The second-order valence-corrected chi connectivity index (χ2v) is 9.00. The number of carbonyl (C=O) groups is 2. The molecule has 35 heavy (non-hydrogen) atoms. The van der Waals surface area contributed by atoms with Crippen molar-refractivity contribution < 1.29 is 30.0 Å². The number of allylic oxidation sites excluding steroid dienone is 2. The minimum atomic E-state index is -0.879. The summed E-state index contributed by atoms with van der Waals surface area (Å²) in [7, 11) is 0. The van der Waals surface area contributed by atoms with Gasteiger partial charge in [0.2, 0.25) is 0 Å². The number of rotatable bonds is 11. The fourth-order valence-corrected chi connectivity index (χ4v) is 3.48. The van der Waals surface area contributed by atoms with Crippen molar-refractivity contribution in [1.29, 1.82) is 0 Å². The molecule has 2 rings (SSSR count). The van der Waals surface area contributed by atoms with Crippen molar-refractivity contribution in [2.24, 2.45) is 5.92 Å². The predicted molar refractivity (Wildman–Crippen MR) is 141 cm³/mol. The molecule has 0 aliphatic rings. The van der Waals surface area contributed by atoms with Crippen LogP contribution in [0.4, 0.5) is 0 Å². The van der Waals surface area contributed by atoms with Crippen molar-refractivity contribution in [2.75, 3.05) is 0 Å². The van der Waals surface area contributed by atoms with Crippen molar-refractivity contribution in [3.63, 3.8) is 0 Å². The molecule has 0 radical (unpaired) electrons. The van der Waals surface area contributed by atoms with Gasteiger partial charge in [-0.05, 0) is 63.3 Å². The van der Waals surface area contributed by atoms with Crippen LogP contribution in [0.1, 0.15) is 86.9 Å². The normalized spacial score (nSPS) is 13.9. The van der Waals surface area contributed by atoms with Gasteiger partial charge >= 0.3 is 11.9 Å². The highest BCUT2D eigenvalue weighted by molar-refractivity contribution is 5.87. The Morgan fingerprint density at radius 2 is 1.31 bits per heavy atom. The van der Waals surface area contributed by atoms with Gasteiger partial charge in [-0.25, -0.2) is 9.59 Å². The SMILES string of the molecule is CCCCCC=CC(C)CC(C)(O)CC(C)O.O=C(O)c1ccccc1.O=C(O)c1ccccc1. The number of aliphatic hydroxyl groups is 2. The number of aromatic carboxylic acids is 2. The van der Waals surface area contributed by atoms with Gasteiger partial charge in [0.05, 0.1) is 22.8 Å². The third-order valence-electron chi connectivity index (χ3n) is 4.98. The molecule has 0 aliphatic carbocycles. The highest BCUT2D eigenvalue weighted by atomic mass is 16.4. The largest absolute Gasteiger partial charge is 0.478 e. The molecule has 6 nitrogen and oxygen atoms in total. The Morgan fingerprint density at radius 3 is 1.66 bits per heavy atom. The van der Waals surface area contributed by atoms with Gasteiger partial charge in [0.25, 0.3) is 0 Å². The van der Waals surface area contributed by atoms with Crippen LogP contribution >= 0.6 is 0 Å². The third kappa shape index (κ3) is 18.1. The van der Waals surface area contributed by atoms with Crippen molar-refractivity contribution in [3.8, 4) is 0 Å². The molecule has 2 aromatic rings. The maximum Gasteiger partial charge on any atom is 0.335 e. The summed E-state index contributed by atoms with van der Waals surface area (Å²) in [6, 6.07) is 16.6. The summed E-state index contributed by atoms with van der Waals surface area (Å²) in [5.41, 5.74) is -0.101. The zero-order valence-electron chi connectivity index (χ0n) is 21.4. The van der Waals surface area contributed by atoms with E-state index in [2.05, 4.69) is 26.0 Å². The van der Waals surface area contributed by atoms with Crippen LogP contribution in [0.25, 0.3) is 0 Å². The first-order valence-electron chi connectivity index (χ1n) is 12.1. The number of carboxylic acid groups (broad SMARTS) is 2. The molecule has 3 unspecified atom stereocenters. The second-order valence-electron chi connectivity index (χ2n) is 9.00. The first kappa shape index (κ1) is 32.0. The molecule has 6 heteroatoms. The molecule has 0 spiro atoms. The van der Waals surface area contributed by atoms with Gasteiger partial charge in [-0.2, -0.15) is 0 Å². The van der Waals surface area contributed by atoms with E-state index in [1.54, 1.807) is 74.5 Å². The monoisotopic (exact) mass is 486 g/mol. The van der Waals surface area contributed by atoms with E-state index in [0.717, 1.165) is 6.42 Å². The summed E-state index contributed by atoms with van der Waals surface area (Å²) in [6.07, 6.45) is 10.1. The number of hydrogen-bond acceptors (Lipinski definition) is 4. The van der Waals surface area contributed by atoms with E-state index in [4.69, 9.17) is 10.2 Å². The Bertz CT molecular complexity index is 794. The van der Waals surface area contributed by atoms with Crippen LogP contribution in [-0.4, -0.2) is 44.1 Å². The molecule has 0 bridgehead atoms. The lowest BCUT2D eigenvalue weighted by molar-refractivity contribution is -0.00386. The van der Waals surface area contributed by atoms with Crippen LogP contribution in [0.5, 0.6) is 0 Å². The second kappa shape index (κ2) is 18.4. The molecular formula is C29H42O6. The molecular weight excluding hydrogens is 444 g/mol. The van der Waals surface area contributed by atoms with Crippen LogP contribution < -0.4 is 0 Å². The van der Waals surface area contributed by atoms with Gasteiger partial charge in [-0.3, -0.25) is 0 Å². The molecule has 194 valence electrons. The summed E-state index contributed by atoms with van der Waals surface area (Å²) in [6.45, 7) is 7.85. The molecule has 0 heterocycles. The van der Waals surface area contributed by atoms with Gasteiger partial charge in [0.1, 0.15) is 0 Å². The number of benzene rings is 2. The summed E-state index contributed by atoms with van der Waals surface area (Å²) in [5.74, 6) is -1.39. The minimum absolute atomic E-state index is 0.331.